The van der Waals surface area contributed by atoms with Crippen molar-refractivity contribution in [3.63, 3.8) is 0 Å². The fourth-order valence-corrected chi connectivity index (χ4v) is 4.15. The third-order valence-electron chi connectivity index (χ3n) is 6.41. The van der Waals surface area contributed by atoms with Crippen LogP contribution < -0.4 is 5.32 Å². The fraction of sp³-hybridized carbons (Fsp3) is 0.583. The average Bonchev–Trinajstić information content (AvgIpc) is 3.30. The van der Waals surface area contributed by atoms with Crippen LogP contribution >= 0.6 is 0 Å². The minimum absolute atomic E-state index is 0.0400. The van der Waals surface area contributed by atoms with Gasteiger partial charge in [-0.05, 0) is 25.5 Å². The van der Waals surface area contributed by atoms with Crippen molar-refractivity contribution in [1.82, 2.24) is 24.8 Å². The zero-order valence-electron chi connectivity index (χ0n) is 21.1. The van der Waals surface area contributed by atoms with Crippen molar-refractivity contribution in [2.45, 2.75) is 58.2 Å². The Bertz CT molecular complexity index is 1060. The Morgan fingerprint density at radius 3 is 2.78 bits per heavy atom. The molecule has 2 N–H and O–H groups in total. The maximum atomic E-state index is 13.4. The monoisotopic (exact) mass is 526 g/mol. The first-order chi connectivity index (χ1) is 17.5. The summed E-state index contributed by atoms with van der Waals surface area (Å²) in [6.07, 6.45) is -2.82. The van der Waals surface area contributed by atoms with Crippen LogP contribution in [0.3, 0.4) is 0 Å². The van der Waals surface area contributed by atoms with Gasteiger partial charge < -0.3 is 25.0 Å². The molecule has 0 unspecified atom stereocenters. The van der Waals surface area contributed by atoms with Gasteiger partial charge in [-0.1, -0.05) is 24.3 Å². The quantitative estimate of drug-likeness (QED) is 0.620. The van der Waals surface area contributed by atoms with Crippen LogP contribution in [0.5, 0.6) is 0 Å². The predicted molar refractivity (Wildman–Crippen MR) is 128 cm³/mol. The van der Waals surface area contributed by atoms with Crippen LogP contribution in [0, 0.1) is 5.92 Å². The lowest BCUT2D eigenvalue weighted by atomic mass is 10.0. The number of urea groups is 1. The number of carbonyl (C=O) groups excluding carboxylic acids is 2. The molecule has 0 radical (unpaired) electrons. The number of anilines is 1. The molecule has 13 heteroatoms. The van der Waals surface area contributed by atoms with Crippen molar-refractivity contribution in [3.8, 4) is 0 Å². The third kappa shape index (κ3) is 7.41. The SMILES string of the molecule is C[C@H]1CN([C@@H](C)CO)C(=O)CCCn2nncc2CO[C@@H]1CN(C)C(=O)Nc1ccccc1C(F)(F)F. The van der Waals surface area contributed by atoms with Gasteiger partial charge in [-0.15, -0.1) is 5.10 Å². The lowest BCUT2D eigenvalue weighted by Gasteiger charge is -2.35. The van der Waals surface area contributed by atoms with E-state index in [0.29, 0.717) is 18.7 Å². The van der Waals surface area contributed by atoms with Gasteiger partial charge in [0.05, 0.1) is 48.5 Å². The lowest BCUT2D eigenvalue weighted by molar-refractivity contribution is -0.137. The van der Waals surface area contributed by atoms with Gasteiger partial charge in [-0.3, -0.25) is 4.79 Å². The molecule has 0 bridgehead atoms. The highest BCUT2D eigenvalue weighted by Gasteiger charge is 2.34. The summed E-state index contributed by atoms with van der Waals surface area (Å²) < 4.78 is 47.9. The number of rotatable bonds is 5. The number of likely N-dealkylation sites (N-methyl/N-ethyl adjacent to an activating group) is 1. The number of amides is 3. The number of hydrogen-bond acceptors (Lipinski definition) is 6. The van der Waals surface area contributed by atoms with Crippen LogP contribution in [-0.2, 0) is 28.9 Å². The van der Waals surface area contributed by atoms with Crippen molar-refractivity contribution in [3.05, 3.63) is 41.7 Å². The summed E-state index contributed by atoms with van der Waals surface area (Å²) in [7, 11) is 1.46. The van der Waals surface area contributed by atoms with Gasteiger partial charge in [0, 0.05) is 39.0 Å². The Hall–Kier alpha value is -3.19. The summed E-state index contributed by atoms with van der Waals surface area (Å²) in [6, 6.07) is 3.61. The normalized spacial score (nSPS) is 20.4. The number of benzene rings is 1. The van der Waals surface area contributed by atoms with E-state index in [4.69, 9.17) is 4.74 Å². The van der Waals surface area contributed by atoms with E-state index < -0.39 is 29.9 Å². The number of aromatic nitrogens is 3. The van der Waals surface area contributed by atoms with Gasteiger partial charge in [0.15, 0.2) is 0 Å². The molecule has 3 rings (SSSR count). The molecule has 1 aliphatic heterocycles. The average molecular weight is 527 g/mol. The maximum Gasteiger partial charge on any atom is 0.418 e. The number of aliphatic hydroxyl groups excluding tert-OH is 1. The Labute approximate surface area is 213 Å². The van der Waals surface area contributed by atoms with Gasteiger partial charge >= 0.3 is 12.2 Å². The van der Waals surface area contributed by atoms with E-state index in [1.165, 1.54) is 30.1 Å². The molecule has 1 aromatic heterocycles. The second kappa shape index (κ2) is 12.4. The Morgan fingerprint density at radius 2 is 2.08 bits per heavy atom. The van der Waals surface area contributed by atoms with E-state index >= 15 is 0 Å². The molecule has 0 fully saturated rings. The van der Waals surface area contributed by atoms with Crippen molar-refractivity contribution in [2.75, 3.05) is 32.1 Å². The van der Waals surface area contributed by atoms with Crippen molar-refractivity contribution in [1.29, 1.82) is 0 Å². The molecule has 2 heterocycles. The molecule has 0 saturated carbocycles. The van der Waals surface area contributed by atoms with Gasteiger partial charge in [0.25, 0.3) is 0 Å². The zero-order chi connectivity index (χ0) is 27.2. The molecule has 0 spiro atoms. The summed E-state index contributed by atoms with van der Waals surface area (Å²) in [5.41, 5.74) is -0.583. The molecule has 37 heavy (non-hydrogen) atoms. The highest BCUT2D eigenvalue weighted by molar-refractivity contribution is 5.90. The Kier molecular flexibility index (Phi) is 9.49. The van der Waals surface area contributed by atoms with Crippen LogP contribution in [-0.4, -0.2) is 80.7 Å². The number of para-hydroxylation sites is 1. The smallest absolute Gasteiger partial charge is 0.394 e. The first-order valence-electron chi connectivity index (χ1n) is 12.1. The van der Waals surface area contributed by atoms with Crippen LogP contribution in [0.4, 0.5) is 23.7 Å². The van der Waals surface area contributed by atoms with Crippen LogP contribution in [0.15, 0.2) is 30.5 Å². The Balaban J connectivity index is 1.79. The van der Waals surface area contributed by atoms with Crippen LogP contribution in [0.2, 0.25) is 0 Å². The minimum atomic E-state index is -4.62. The lowest BCUT2D eigenvalue weighted by Crippen LogP contribution is -2.48. The van der Waals surface area contributed by atoms with E-state index in [-0.39, 0.29) is 50.2 Å². The van der Waals surface area contributed by atoms with E-state index in [1.54, 1.807) is 22.7 Å². The van der Waals surface area contributed by atoms with Gasteiger partial charge in [-0.25, -0.2) is 9.48 Å². The van der Waals surface area contributed by atoms with Crippen molar-refractivity contribution < 1.29 is 32.6 Å². The van der Waals surface area contributed by atoms with E-state index in [0.717, 1.165) is 6.07 Å². The number of fused-ring (bicyclic) bond motifs is 1. The first kappa shape index (κ1) is 28.4. The molecular weight excluding hydrogens is 493 g/mol. The number of nitrogens with zero attached hydrogens (tertiary/aromatic N) is 5. The molecule has 0 aliphatic carbocycles. The first-order valence-corrected chi connectivity index (χ1v) is 12.1. The number of carbonyl (C=O) groups is 2. The Morgan fingerprint density at radius 1 is 1.35 bits per heavy atom. The molecule has 0 saturated heterocycles. The van der Waals surface area contributed by atoms with Crippen molar-refractivity contribution in [2.24, 2.45) is 5.92 Å². The predicted octanol–water partition coefficient (Wildman–Crippen LogP) is 2.99. The number of hydrogen-bond donors (Lipinski definition) is 2. The second-order valence-corrected chi connectivity index (χ2v) is 9.31. The maximum absolute atomic E-state index is 13.4. The standard InChI is InChI=1S/C24H33F3N6O4/c1-16-12-32(17(2)14-34)22(35)9-6-10-33-18(11-28-30-33)15-37-21(16)13-31(3)23(36)29-20-8-5-4-7-19(20)24(25,26)27/h4-5,7-8,11,16-17,21,34H,6,9-10,12-15H2,1-3H3,(H,29,36)/t16-,17-,21+/m0/s1. The van der Waals surface area contributed by atoms with E-state index in [2.05, 4.69) is 15.6 Å². The van der Waals surface area contributed by atoms with Crippen LogP contribution in [0.1, 0.15) is 37.9 Å². The van der Waals surface area contributed by atoms with Gasteiger partial charge in [0.1, 0.15) is 0 Å². The minimum Gasteiger partial charge on any atom is -0.394 e. The summed E-state index contributed by atoms with van der Waals surface area (Å²) in [4.78, 5) is 28.6. The van der Waals surface area contributed by atoms with Crippen LogP contribution in [0.25, 0.3) is 0 Å². The largest absolute Gasteiger partial charge is 0.418 e. The number of halogens is 3. The zero-order valence-corrected chi connectivity index (χ0v) is 21.1. The molecule has 3 atom stereocenters. The van der Waals surface area contributed by atoms with Crippen molar-refractivity contribution >= 4 is 17.6 Å². The number of aliphatic hydroxyl groups is 1. The highest BCUT2D eigenvalue weighted by Crippen LogP contribution is 2.34. The molecular formula is C24H33F3N6O4. The molecule has 1 aromatic carbocycles. The third-order valence-corrected chi connectivity index (χ3v) is 6.41. The number of nitrogens with one attached hydrogen (secondary N) is 1. The summed E-state index contributed by atoms with van der Waals surface area (Å²) >= 11 is 0. The molecule has 2 aromatic rings. The topological polar surface area (TPSA) is 113 Å². The number of aryl methyl sites for hydroxylation is 1. The highest BCUT2D eigenvalue weighted by atomic mass is 19.4. The van der Waals surface area contributed by atoms with Gasteiger partial charge in [0.2, 0.25) is 5.91 Å². The second-order valence-electron chi connectivity index (χ2n) is 9.31. The number of ether oxygens (including phenoxy) is 1. The molecule has 3 amide bonds. The molecule has 10 nitrogen and oxygen atoms in total. The van der Waals surface area contributed by atoms with E-state index in [1.807, 2.05) is 6.92 Å². The molecule has 204 valence electrons. The van der Waals surface area contributed by atoms with Gasteiger partial charge in [-0.2, -0.15) is 13.2 Å². The summed E-state index contributed by atoms with van der Waals surface area (Å²) in [5.74, 6) is -0.399. The molecule has 1 aliphatic rings. The summed E-state index contributed by atoms with van der Waals surface area (Å²) in [6.45, 7) is 4.33. The summed E-state index contributed by atoms with van der Waals surface area (Å²) in [5, 5.41) is 20.0. The fourth-order valence-electron chi connectivity index (χ4n) is 4.15. The van der Waals surface area contributed by atoms with E-state index in [9.17, 15) is 27.9 Å². The number of alkyl halides is 3.